The van der Waals surface area contributed by atoms with Gasteiger partial charge in [-0.15, -0.1) is 0 Å². The van der Waals surface area contributed by atoms with E-state index in [2.05, 4.69) is 20.6 Å². The van der Waals surface area contributed by atoms with Crippen molar-refractivity contribution in [2.75, 3.05) is 5.75 Å². The van der Waals surface area contributed by atoms with Crippen LogP contribution in [-0.2, 0) is 11.3 Å². The lowest BCUT2D eigenvalue weighted by Crippen LogP contribution is -2.39. The molecule has 3 heterocycles. The molecule has 4 rings (SSSR count). The maximum absolute atomic E-state index is 12.2. The third kappa shape index (κ3) is 4.64. The molecule has 2 N–H and O–H groups in total. The van der Waals surface area contributed by atoms with Gasteiger partial charge < -0.3 is 14.2 Å². The maximum atomic E-state index is 12.2. The molecule has 9 heteroatoms. The van der Waals surface area contributed by atoms with Gasteiger partial charge >= 0.3 is 6.03 Å². The summed E-state index contributed by atoms with van der Waals surface area (Å²) in [5.41, 5.74) is 0.744. The highest BCUT2D eigenvalue weighted by molar-refractivity contribution is 8.00. The van der Waals surface area contributed by atoms with Gasteiger partial charge in [-0.05, 0) is 30.3 Å². The number of amides is 3. The number of furan rings is 2. The lowest BCUT2D eigenvalue weighted by atomic mass is 10.2. The van der Waals surface area contributed by atoms with Crippen LogP contribution in [0.2, 0.25) is 0 Å². The first kappa shape index (κ1) is 18.8. The van der Waals surface area contributed by atoms with Gasteiger partial charge in [0.2, 0.25) is 5.91 Å². The number of nitrogens with zero attached hydrogens (tertiary/aromatic N) is 2. The number of carbonyl (C=O) groups excluding carboxylic acids is 2. The number of thioether (sulfide) groups is 1. The van der Waals surface area contributed by atoms with E-state index in [1.165, 1.54) is 18.0 Å². The van der Waals surface area contributed by atoms with Gasteiger partial charge in [0.15, 0.2) is 11.6 Å². The summed E-state index contributed by atoms with van der Waals surface area (Å²) >= 11 is 1.22. The third-order valence-electron chi connectivity index (χ3n) is 3.91. The highest BCUT2D eigenvalue weighted by atomic mass is 32.2. The summed E-state index contributed by atoms with van der Waals surface area (Å²) in [6.45, 7) is 0.197. The summed E-state index contributed by atoms with van der Waals surface area (Å²) in [5, 5.41) is 6.30. The van der Waals surface area contributed by atoms with Crippen LogP contribution in [0.4, 0.5) is 4.79 Å². The van der Waals surface area contributed by atoms with E-state index >= 15 is 0 Å². The monoisotopic (exact) mass is 408 g/mol. The average molecular weight is 408 g/mol. The van der Waals surface area contributed by atoms with Crippen LogP contribution in [0.1, 0.15) is 5.76 Å². The molecule has 0 unspecified atom stereocenters. The number of benzene rings is 1. The standard InChI is InChI=1S/C20H16N4O4S/c25-17(23-20(26)21-11-13-5-3-9-27-13)12-29-19-14-6-1-2-7-15(14)22-18(24-19)16-8-4-10-28-16/h1-10H,11-12H2,(H2,21,23,25,26). The molecule has 3 amide bonds. The van der Waals surface area contributed by atoms with Crippen molar-refractivity contribution < 1.29 is 18.4 Å². The Bertz CT molecular complexity index is 1130. The molecule has 0 fully saturated rings. The molecule has 0 saturated carbocycles. The minimum Gasteiger partial charge on any atom is -0.467 e. The topological polar surface area (TPSA) is 110 Å². The van der Waals surface area contributed by atoms with E-state index in [4.69, 9.17) is 8.83 Å². The minimum absolute atomic E-state index is 0.0206. The van der Waals surface area contributed by atoms with Crippen molar-refractivity contribution >= 4 is 34.6 Å². The Labute approximate surface area is 169 Å². The molecule has 0 atom stereocenters. The van der Waals surface area contributed by atoms with Crippen LogP contribution in [0.15, 0.2) is 74.9 Å². The summed E-state index contributed by atoms with van der Waals surface area (Å²) in [4.78, 5) is 33.1. The summed E-state index contributed by atoms with van der Waals surface area (Å²) < 4.78 is 10.5. The van der Waals surface area contributed by atoms with E-state index in [1.54, 1.807) is 30.5 Å². The lowest BCUT2D eigenvalue weighted by Gasteiger charge is -2.08. The Morgan fingerprint density at radius 3 is 2.59 bits per heavy atom. The fourth-order valence-corrected chi connectivity index (χ4v) is 3.41. The summed E-state index contributed by atoms with van der Waals surface area (Å²) in [7, 11) is 0. The highest BCUT2D eigenvalue weighted by Crippen LogP contribution is 2.28. The Morgan fingerprint density at radius 2 is 1.79 bits per heavy atom. The van der Waals surface area contributed by atoms with Crippen LogP contribution in [0.5, 0.6) is 0 Å². The predicted molar refractivity (Wildman–Crippen MR) is 107 cm³/mol. The van der Waals surface area contributed by atoms with Gasteiger partial charge in [0.1, 0.15) is 10.8 Å². The zero-order valence-corrected chi connectivity index (χ0v) is 15.9. The molecule has 1 aromatic carbocycles. The van der Waals surface area contributed by atoms with E-state index < -0.39 is 11.9 Å². The van der Waals surface area contributed by atoms with Crippen molar-refractivity contribution in [1.29, 1.82) is 0 Å². The molecule has 146 valence electrons. The van der Waals surface area contributed by atoms with Crippen molar-refractivity contribution in [3.8, 4) is 11.6 Å². The van der Waals surface area contributed by atoms with E-state index in [0.717, 1.165) is 10.9 Å². The van der Waals surface area contributed by atoms with Gasteiger partial charge in [-0.2, -0.15) is 0 Å². The van der Waals surface area contributed by atoms with Gasteiger partial charge in [-0.25, -0.2) is 14.8 Å². The second-order valence-corrected chi connectivity index (χ2v) is 6.91. The number of hydrogen-bond acceptors (Lipinski definition) is 7. The number of urea groups is 1. The maximum Gasteiger partial charge on any atom is 0.321 e. The van der Waals surface area contributed by atoms with Crippen LogP contribution in [0.3, 0.4) is 0 Å². The predicted octanol–water partition coefficient (Wildman–Crippen LogP) is 3.60. The largest absolute Gasteiger partial charge is 0.467 e. The van der Waals surface area contributed by atoms with E-state index in [9.17, 15) is 9.59 Å². The highest BCUT2D eigenvalue weighted by Gasteiger charge is 2.14. The van der Waals surface area contributed by atoms with Gasteiger partial charge in [-0.3, -0.25) is 10.1 Å². The number of fused-ring (bicyclic) bond motifs is 1. The van der Waals surface area contributed by atoms with E-state index in [0.29, 0.717) is 22.4 Å². The quantitative estimate of drug-likeness (QED) is 0.370. The first-order chi connectivity index (χ1) is 14.2. The SMILES string of the molecule is O=C(CSc1nc(-c2ccco2)nc2ccccc12)NC(=O)NCc1ccco1. The molecule has 0 radical (unpaired) electrons. The molecule has 4 aromatic rings. The molecule has 29 heavy (non-hydrogen) atoms. The fourth-order valence-electron chi connectivity index (χ4n) is 2.59. The van der Waals surface area contributed by atoms with Crippen LogP contribution < -0.4 is 10.6 Å². The molecule has 0 spiro atoms. The Kier molecular flexibility index (Phi) is 5.57. The molecule has 8 nitrogen and oxygen atoms in total. The minimum atomic E-state index is -0.587. The summed E-state index contributed by atoms with van der Waals surface area (Å²) in [6, 6.07) is 13.9. The molecular weight excluding hydrogens is 392 g/mol. The van der Waals surface area contributed by atoms with Crippen molar-refractivity contribution in [3.63, 3.8) is 0 Å². The smallest absolute Gasteiger partial charge is 0.321 e. The molecular formula is C20H16N4O4S. The molecule has 0 bridgehead atoms. The van der Waals surface area contributed by atoms with Gasteiger partial charge in [-0.1, -0.05) is 30.0 Å². The number of imide groups is 1. The summed E-state index contributed by atoms with van der Waals surface area (Å²) in [6.07, 6.45) is 3.06. The average Bonchev–Trinajstić information content (AvgIpc) is 3.44. The molecule has 3 aromatic heterocycles. The van der Waals surface area contributed by atoms with Crippen molar-refractivity contribution in [3.05, 3.63) is 66.8 Å². The van der Waals surface area contributed by atoms with Gasteiger partial charge in [0, 0.05) is 5.39 Å². The van der Waals surface area contributed by atoms with Crippen LogP contribution in [-0.4, -0.2) is 27.7 Å². The zero-order chi connectivity index (χ0) is 20.1. The van der Waals surface area contributed by atoms with Gasteiger partial charge in [0.25, 0.3) is 0 Å². The molecule has 0 aliphatic carbocycles. The lowest BCUT2D eigenvalue weighted by molar-refractivity contribution is -0.117. The second-order valence-electron chi connectivity index (χ2n) is 5.95. The molecule has 0 saturated heterocycles. The normalized spacial score (nSPS) is 10.8. The molecule has 0 aliphatic rings. The first-order valence-electron chi connectivity index (χ1n) is 8.72. The number of aromatic nitrogens is 2. The number of rotatable bonds is 6. The first-order valence-corrected chi connectivity index (χ1v) is 9.71. The Morgan fingerprint density at radius 1 is 0.966 bits per heavy atom. The van der Waals surface area contributed by atoms with E-state index in [-0.39, 0.29) is 12.3 Å². The number of nitrogens with one attached hydrogen (secondary N) is 2. The van der Waals surface area contributed by atoms with Gasteiger partial charge in [0.05, 0.1) is 30.3 Å². The molecule has 0 aliphatic heterocycles. The Balaban J connectivity index is 1.42. The fraction of sp³-hybridized carbons (Fsp3) is 0.100. The second kappa shape index (κ2) is 8.61. The number of carbonyl (C=O) groups is 2. The zero-order valence-electron chi connectivity index (χ0n) is 15.1. The van der Waals surface area contributed by atoms with Crippen LogP contribution in [0, 0.1) is 0 Å². The third-order valence-corrected chi connectivity index (χ3v) is 4.90. The number of hydrogen-bond donors (Lipinski definition) is 2. The summed E-state index contributed by atoms with van der Waals surface area (Å²) in [5.74, 6) is 1.16. The van der Waals surface area contributed by atoms with E-state index in [1.807, 2.05) is 24.3 Å². The van der Waals surface area contributed by atoms with Crippen molar-refractivity contribution in [2.45, 2.75) is 11.6 Å². The Hall–Kier alpha value is -3.59. The van der Waals surface area contributed by atoms with Crippen LogP contribution in [0.25, 0.3) is 22.5 Å². The van der Waals surface area contributed by atoms with Crippen molar-refractivity contribution in [1.82, 2.24) is 20.6 Å². The number of para-hydroxylation sites is 1. The van der Waals surface area contributed by atoms with Crippen molar-refractivity contribution in [2.24, 2.45) is 0 Å². The van der Waals surface area contributed by atoms with Crippen LogP contribution >= 0.6 is 11.8 Å².